The molecule has 1 N–H and O–H groups in total. The molecule has 0 aliphatic carbocycles. The van der Waals surface area contributed by atoms with Crippen molar-refractivity contribution in [2.24, 2.45) is 5.92 Å². The molecular formula is C23H30N6O2. The highest BCUT2D eigenvalue weighted by Gasteiger charge is 2.27. The van der Waals surface area contributed by atoms with E-state index in [1.54, 1.807) is 7.11 Å². The lowest BCUT2D eigenvalue weighted by Crippen LogP contribution is -2.40. The summed E-state index contributed by atoms with van der Waals surface area (Å²) in [4.78, 5) is 14.9. The van der Waals surface area contributed by atoms with Crippen LogP contribution in [0.3, 0.4) is 0 Å². The molecule has 1 fully saturated rings. The van der Waals surface area contributed by atoms with Crippen LogP contribution < -0.4 is 15.0 Å². The Morgan fingerprint density at radius 1 is 1.10 bits per heavy atom. The molecular weight excluding hydrogens is 392 g/mol. The Morgan fingerprint density at radius 2 is 1.81 bits per heavy atom. The molecule has 8 heteroatoms. The number of fused-ring (bicyclic) bond motifs is 1. The number of carbonyl (C=O) groups is 1. The van der Waals surface area contributed by atoms with Crippen LogP contribution in [0.2, 0.25) is 0 Å². The first kappa shape index (κ1) is 21.1. The summed E-state index contributed by atoms with van der Waals surface area (Å²) in [5.74, 6) is 2.70. The Bertz CT molecular complexity index is 1050. The molecule has 0 saturated carbocycles. The summed E-state index contributed by atoms with van der Waals surface area (Å²) in [7, 11) is 1.65. The highest BCUT2D eigenvalue weighted by Crippen LogP contribution is 2.25. The number of nitrogens with zero attached hydrogens (tertiary/aromatic N) is 5. The largest absolute Gasteiger partial charge is 0.497 e. The molecule has 1 aliphatic rings. The lowest BCUT2D eigenvalue weighted by molar-refractivity contribution is -0.125. The van der Waals surface area contributed by atoms with E-state index in [2.05, 4.69) is 41.2 Å². The molecule has 0 spiro atoms. The van der Waals surface area contributed by atoms with Crippen LogP contribution in [-0.4, -0.2) is 45.9 Å². The molecule has 0 bridgehead atoms. The summed E-state index contributed by atoms with van der Waals surface area (Å²) < 4.78 is 7.01. The second-order valence-electron chi connectivity index (χ2n) is 9.06. The van der Waals surface area contributed by atoms with E-state index in [1.807, 2.05) is 40.9 Å². The minimum absolute atomic E-state index is 0.0262. The molecule has 0 atom stereocenters. The van der Waals surface area contributed by atoms with Crippen molar-refractivity contribution < 1.29 is 9.53 Å². The van der Waals surface area contributed by atoms with Gasteiger partial charge in [0.05, 0.1) is 7.11 Å². The first-order chi connectivity index (χ1) is 14.8. The van der Waals surface area contributed by atoms with E-state index in [1.165, 1.54) is 0 Å². The number of ether oxygens (including phenoxy) is 1. The standard InChI is InChI=1S/C23H30N6O2/c1-23(2,3)22-26-25-19-9-10-20(27-29(19)22)28-13-11-17(12-14-28)21(30)24-15-16-5-7-18(31-4)8-6-16/h5-10,17H,11-15H2,1-4H3,(H,24,30). The SMILES string of the molecule is COc1ccc(CNC(=O)C2CCN(c3ccc4nnc(C(C)(C)C)n4n3)CC2)cc1. The molecule has 1 aromatic carbocycles. The van der Waals surface area contributed by atoms with Crippen molar-refractivity contribution in [3.8, 4) is 5.75 Å². The molecule has 1 aliphatic heterocycles. The number of carbonyl (C=O) groups excluding carboxylic acids is 1. The summed E-state index contributed by atoms with van der Waals surface area (Å²) in [6.07, 6.45) is 1.62. The molecule has 8 nitrogen and oxygen atoms in total. The maximum atomic E-state index is 12.6. The van der Waals surface area contributed by atoms with Crippen LogP contribution >= 0.6 is 0 Å². The molecule has 2 aromatic heterocycles. The summed E-state index contributed by atoms with van der Waals surface area (Å²) in [5.41, 5.74) is 1.68. The van der Waals surface area contributed by atoms with Crippen molar-refractivity contribution in [3.05, 3.63) is 47.8 Å². The predicted octanol–water partition coefficient (Wildman–Crippen LogP) is 2.96. The van der Waals surface area contributed by atoms with Crippen molar-refractivity contribution in [2.75, 3.05) is 25.1 Å². The summed E-state index contributed by atoms with van der Waals surface area (Å²) in [5, 5.41) is 16.4. The van der Waals surface area contributed by atoms with Crippen LogP contribution in [0.15, 0.2) is 36.4 Å². The number of benzene rings is 1. The molecule has 3 aromatic rings. The van der Waals surface area contributed by atoms with Gasteiger partial charge in [0, 0.05) is 31.0 Å². The number of hydrogen-bond donors (Lipinski definition) is 1. The fourth-order valence-corrected chi connectivity index (χ4v) is 3.86. The van der Waals surface area contributed by atoms with Gasteiger partial charge in [0.1, 0.15) is 11.6 Å². The molecule has 4 rings (SSSR count). The third kappa shape index (κ3) is 4.62. The highest BCUT2D eigenvalue weighted by molar-refractivity contribution is 5.79. The van der Waals surface area contributed by atoms with Crippen LogP contribution in [0.25, 0.3) is 5.65 Å². The Labute approximate surface area is 182 Å². The monoisotopic (exact) mass is 422 g/mol. The van der Waals surface area contributed by atoms with Gasteiger partial charge < -0.3 is 15.0 Å². The van der Waals surface area contributed by atoms with E-state index < -0.39 is 0 Å². The zero-order valence-corrected chi connectivity index (χ0v) is 18.6. The molecule has 1 saturated heterocycles. The van der Waals surface area contributed by atoms with E-state index in [-0.39, 0.29) is 17.2 Å². The quantitative estimate of drug-likeness (QED) is 0.681. The van der Waals surface area contributed by atoms with Gasteiger partial charge in [-0.3, -0.25) is 4.79 Å². The Kier molecular flexibility index (Phi) is 5.80. The third-order valence-electron chi connectivity index (χ3n) is 5.74. The number of anilines is 1. The molecule has 0 unspecified atom stereocenters. The van der Waals surface area contributed by atoms with E-state index in [0.29, 0.717) is 6.54 Å². The fraction of sp³-hybridized carbons (Fsp3) is 0.478. The number of hydrogen-bond acceptors (Lipinski definition) is 6. The fourth-order valence-electron chi connectivity index (χ4n) is 3.86. The second kappa shape index (κ2) is 8.53. The number of nitrogens with one attached hydrogen (secondary N) is 1. The normalized spacial score (nSPS) is 15.3. The Balaban J connectivity index is 1.35. The van der Waals surface area contributed by atoms with Crippen LogP contribution in [0, 0.1) is 5.92 Å². The molecule has 164 valence electrons. The van der Waals surface area contributed by atoms with Gasteiger partial charge in [-0.2, -0.15) is 4.52 Å². The first-order valence-corrected chi connectivity index (χ1v) is 10.7. The van der Waals surface area contributed by atoms with E-state index in [0.717, 1.165) is 54.5 Å². The Morgan fingerprint density at radius 3 is 2.45 bits per heavy atom. The molecule has 31 heavy (non-hydrogen) atoms. The van der Waals surface area contributed by atoms with Crippen molar-refractivity contribution in [1.29, 1.82) is 0 Å². The van der Waals surface area contributed by atoms with Gasteiger partial charge >= 0.3 is 0 Å². The molecule has 3 heterocycles. The van der Waals surface area contributed by atoms with Gasteiger partial charge in [-0.1, -0.05) is 32.9 Å². The number of aromatic nitrogens is 4. The zero-order valence-electron chi connectivity index (χ0n) is 18.6. The summed E-state index contributed by atoms with van der Waals surface area (Å²) in [6.45, 7) is 8.44. The highest BCUT2D eigenvalue weighted by atomic mass is 16.5. The average Bonchev–Trinajstić information content (AvgIpc) is 3.22. The van der Waals surface area contributed by atoms with Crippen LogP contribution in [0.5, 0.6) is 5.75 Å². The van der Waals surface area contributed by atoms with Gasteiger partial charge in [0.2, 0.25) is 5.91 Å². The maximum absolute atomic E-state index is 12.6. The van der Waals surface area contributed by atoms with Gasteiger partial charge in [-0.05, 0) is 42.7 Å². The second-order valence-corrected chi connectivity index (χ2v) is 9.06. The predicted molar refractivity (Wildman–Crippen MR) is 119 cm³/mol. The van der Waals surface area contributed by atoms with Crippen molar-refractivity contribution in [2.45, 2.75) is 45.6 Å². The van der Waals surface area contributed by atoms with E-state index >= 15 is 0 Å². The number of piperidine rings is 1. The number of methoxy groups -OCH3 is 1. The smallest absolute Gasteiger partial charge is 0.223 e. The summed E-state index contributed by atoms with van der Waals surface area (Å²) in [6, 6.07) is 11.7. The minimum Gasteiger partial charge on any atom is -0.497 e. The van der Waals surface area contributed by atoms with Crippen molar-refractivity contribution in [1.82, 2.24) is 25.1 Å². The Hall–Kier alpha value is -3.16. The average molecular weight is 423 g/mol. The maximum Gasteiger partial charge on any atom is 0.223 e. The number of rotatable bonds is 5. The first-order valence-electron chi connectivity index (χ1n) is 10.7. The minimum atomic E-state index is -0.139. The van der Waals surface area contributed by atoms with Crippen molar-refractivity contribution >= 4 is 17.4 Å². The third-order valence-corrected chi connectivity index (χ3v) is 5.74. The topological polar surface area (TPSA) is 84.6 Å². The van der Waals surface area contributed by atoms with Crippen molar-refractivity contribution in [3.63, 3.8) is 0 Å². The lowest BCUT2D eigenvalue weighted by atomic mass is 9.95. The van der Waals surface area contributed by atoms with Gasteiger partial charge in [-0.25, -0.2) is 0 Å². The van der Waals surface area contributed by atoms with Gasteiger partial charge in [-0.15, -0.1) is 15.3 Å². The lowest BCUT2D eigenvalue weighted by Gasteiger charge is -2.32. The summed E-state index contributed by atoms with van der Waals surface area (Å²) >= 11 is 0. The van der Waals surface area contributed by atoms with E-state index in [9.17, 15) is 4.79 Å². The van der Waals surface area contributed by atoms with Crippen LogP contribution in [0.4, 0.5) is 5.82 Å². The van der Waals surface area contributed by atoms with Crippen LogP contribution in [-0.2, 0) is 16.8 Å². The van der Waals surface area contributed by atoms with E-state index in [4.69, 9.17) is 9.84 Å². The number of amides is 1. The molecule has 0 radical (unpaired) electrons. The van der Waals surface area contributed by atoms with Crippen LogP contribution in [0.1, 0.15) is 45.0 Å². The van der Waals surface area contributed by atoms with Gasteiger partial charge in [0.25, 0.3) is 0 Å². The zero-order chi connectivity index (χ0) is 22.0. The molecule has 1 amide bonds. The van der Waals surface area contributed by atoms with Gasteiger partial charge in [0.15, 0.2) is 11.5 Å².